The SMILES string of the molecule is CCCC(NCC)c1ccncc1C. The summed E-state index contributed by atoms with van der Waals surface area (Å²) < 4.78 is 0. The van der Waals surface area contributed by atoms with Crippen molar-refractivity contribution >= 4 is 0 Å². The number of aromatic nitrogens is 1. The highest BCUT2D eigenvalue weighted by atomic mass is 14.9. The van der Waals surface area contributed by atoms with Gasteiger partial charge in [-0.3, -0.25) is 4.98 Å². The minimum atomic E-state index is 0.494. The number of nitrogens with one attached hydrogen (secondary N) is 1. The van der Waals surface area contributed by atoms with E-state index >= 15 is 0 Å². The molecule has 0 spiro atoms. The van der Waals surface area contributed by atoms with E-state index in [0.717, 1.165) is 6.54 Å². The highest BCUT2D eigenvalue weighted by Gasteiger charge is 2.10. The Balaban J connectivity index is 2.81. The molecule has 0 aliphatic rings. The van der Waals surface area contributed by atoms with Crippen molar-refractivity contribution in [2.45, 2.75) is 39.7 Å². The highest BCUT2D eigenvalue weighted by Crippen LogP contribution is 2.20. The van der Waals surface area contributed by atoms with E-state index in [1.54, 1.807) is 0 Å². The van der Waals surface area contributed by atoms with Crippen molar-refractivity contribution in [3.05, 3.63) is 29.6 Å². The third-order valence-electron chi connectivity index (χ3n) is 2.47. The smallest absolute Gasteiger partial charge is 0.0323 e. The Kier molecular flexibility index (Phi) is 4.60. The van der Waals surface area contributed by atoms with Crippen molar-refractivity contribution in [3.8, 4) is 0 Å². The van der Waals surface area contributed by atoms with Gasteiger partial charge >= 0.3 is 0 Å². The zero-order valence-corrected chi connectivity index (χ0v) is 9.38. The van der Waals surface area contributed by atoms with Gasteiger partial charge in [-0.15, -0.1) is 0 Å². The Labute approximate surface area is 86.8 Å². The quantitative estimate of drug-likeness (QED) is 0.776. The maximum atomic E-state index is 4.12. The Hall–Kier alpha value is -0.890. The van der Waals surface area contributed by atoms with Crippen molar-refractivity contribution in [3.63, 3.8) is 0 Å². The maximum absolute atomic E-state index is 4.12. The van der Waals surface area contributed by atoms with E-state index in [1.165, 1.54) is 24.0 Å². The third-order valence-corrected chi connectivity index (χ3v) is 2.47. The van der Waals surface area contributed by atoms with Crippen LogP contribution in [0.25, 0.3) is 0 Å². The molecule has 1 rings (SSSR count). The predicted molar refractivity (Wildman–Crippen MR) is 60.3 cm³/mol. The first-order valence-electron chi connectivity index (χ1n) is 5.43. The van der Waals surface area contributed by atoms with Gasteiger partial charge in [0.25, 0.3) is 0 Å². The summed E-state index contributed by atoms with van der Waals surface area (Å²) in [6.45, 7) is 7.52. The largest absolute Gasteiger partial charge is 0.310 e. The molecule has 2 nitrogen and oxygen atoms in total. The molecular weight excluding hydrogens is 172 g/mol. The molecule has 0 saturated carbocycles. The summed E-state index contributed by atoms with van der Waals surface area (Å²) in [6, 6.07) is 2.62. The Morgan fingerprint density at radius 3 is 2.79 bits per heavy atom. The summed E-state index contributed by atoms with van der Waals surface area (Å²) in [5.41, 5.74) is 2.68. The summed E-state index contributed by atoms with van der Waals surface area (Å²) >= 11 is 0. The number of aryl methyl sites for hydroxylation is 1. The van der Waals surface area contributed by atoms with Gasteiger partial charge in [0.1, 0.15) is 0 Å². The minimum Gasteiger partial charge on any atom is -0.310 e. The van der Waals surface area contributed by atoms with Crippen molar-refractivity contribution in [2.24, 2.45) is 0 Å². The lowest BCUT2D eigenvalue weighted by Crippen LogP contribution is -2.21. The molecule has 1 atom stereocenters. The lowest BCUT2D eigenvalue weighted by atomic mass is 9.99. The number of pyridine rings is 1. The van der Waals surface area contributed by atoms with Gasteiger partial charge < -0.3 is 5.32 Å². The summed E-state index contributed by atoms with van der Waals surface area (Å²) in [5, 5.41) is 3.51. The van der Waals surface area contributed by atoms with Crippen LogP contribution in [0.4, 0.5) is 0 Å². The van der Waals surface area contributed by atoms with Crippen molar-refractivity contribution in [1.29, 1.82) is 0 Å². The van der Waals surface area contributed by atoms with Crippen LogP contribution in [0, 0.1) is 6.92 Å². The minimum absolute atomic E-state index is 0.494. The number of hydrogen-bond donors (Lipinski definition) is 1. The summed E-state index contributed by atoms with van der Waals surface area (Å²) in [7, 11) is 0. The standard InChI is InChI=1S/C12H20N2/c1-4-6-12(14-5-2)11-7-8-13-9-10(11)3/h7-9,12,14H,4-6H2,1-3H3. The Morgan fingerprint density at radius 1 is 1.43 bits per heavy atom. The zero-order chi connectivity index (χ0) is 10.4. The van der Waals surface area contributed by atoms with Crippen LogP contribution in [0.15, 0.2) is 18.5 Å². The fourth-order valence-electron chi connectivity index (χ4n) is 1.78. The monoisotopic (exact) mass is 192 g/mol. The van der Waals surface area contributed by atoms with Crippen molar-refractivity contribution in [1.82, 2.24) is 10.3 Å². The molecule has 0 radical (unpaired) electrons. The summed E-state index contributed by atoms with van der Waals surface area (Å²) in [6.07, 6.45) is 6.22. The topological polar surface area (TPSA) is 24.9 Å². The van der Waals surface area contributed by atoms with Crippen LogP contribution in [0.1, 0.15) is 43.9 Å². The van der Waals surface area contributed by atoms with Crippen LogP contribution in [-0.4, -0.2) is 11.5 Å². The molecule has 0 aliphatic heterocycles. The van der Waals surface area contributed by atoms with Crippen molar-refractivity contribution in [2.75, 3.05) is 6.54 Å². The van der Waals surface area contributed by atoms with Crippen molar-refractivity contribution < 1.29 is 0 Å². The fraction of sp³-hybridized carbons (Fsp3) is 0.583. The van der Waals surface area contributed by atoms with Crippen LogP contribution in [-0.2, 0) is 0 Å². The molecule has 1 N–H and O–H groups in total. The average Bonchev–Trinajstić information content (AvgIpc) is 2.18. The molecule has 0 amide bonds. The van der Waals surface area contributed by atoms with E-state index in [1.807, 2.05) is 12.4 Å². The van der Waals surface area contributed by atoms with Gasteiger partial charge in [-0.2, -0.15) is 0 Å². The number of nitrogens with zero attached hydrogens (tertiary/aromatic N) is 1. The lowest BCUT2D eigenvalue weighted by Gasteiger charge is -2.19. The fourth-order valence-corrected chi connectivity index (χ4v) is 1.78. The van der Waals surface area contributed by atoms with Gasteiger partial charge in [0, 0.05) is 18.4 Å². The van der Waals surface area contributed by atoms with Crippen LogP contribution in [0.3, 0.4) is 0 Å². The first-order valence-corrected chi connectivity index (χ1v) is 5.43. The predicted octanol–water partition coefficient (Wildman–Crippen LogP) is 2.84. The molecule has 78 valence electrons. The molecule has 1 heterocycles. The van der Waals surface area contributed by atoms with E-state index in [9.17, 15) is 0 Å². The van der Waals surface area contributed by atoms with E-state index in [2.05, 4.69) is 37.1 Å². The van der Waals surface area contributed by atoms with Crippen LogP contribution >= 0.6 is 0 Å². The molecule has 0 saturated heterocycles. The third kappa shape index (κ3) is 2.81. The number of rotatable bonds is 5. The van der Waals surface area contributed by atoms with Gasteiger partial charge in [0.05, 0.1) is 0 Å². The van der Waals surface area contributed by atoms with Crippen LogP contribution in [0.2, 0.25) is 0 Å². The molecule has 0 bridgehead atoms. The maximum Gasteiger partial charge on any atom is 0.0323 e. The molecular formula is C12H20N2. The first kappa shape index (κ1) is 11.2. The molecule has 14 heavy (non-hydrogen) atoms. The molecule has 2 heteroatoms. The van der Waals surface area contributed by atoms with Crippen LogP contribution < -0.4 is 5.32 Å². The zero-order valence-electron chi connectivity index (χ0n) is 9.38. The van der Waals surface area contributed by atoms with E-state index < -0.39 is 0 Å². The summed E-state index contributed by atoms with van der Waals surface area (Å²) in [4.78, 5) is 4.12. The van der Waals surface area contributed by atoms with Gasteiger partial charge in [-0.25, -0.2) is 0 Å². The van der Waals surface area contributed by atoms with Gasteiger partial charge in [-0.05, 0) is 37.1 Å². The second-order valence-corrected chi connectivity index (χ2v) is 3.63. The second kappa shape index (κ2) is 5.76. The van der Waals surface area contributed by atoms with E-state index in [-0.39, 0.29) is 0 Å². The normalized spacial score (nSPS) is 12.8. The molecule has 1 aromatic rings. The Morgan fingerprint density at radius 2 is 2.21 bits per heavy atom. The van der Waals surface area contributed by atoms with Gasteiger partial charge in [0.2, 0.25) is 0 Å². The van der Waals surface area contributed by atoms with Crippen LogP contribution in [0.5, 0.6) is 0 Å². The molecule has 0 fully saturated rings. The van der Waals surface area contributed by atoms with E-state index in [0.29, 0.717) is 6.04 Å². The van der Waals surface area contributed by atoms with Gasteiger partial charge in [-0.1, -0.05) is 20.3 Å². The Bertz CT molecular complexity index is 265. The average molecular weight is 192 g/mol. The first-order chi connectivity index (χ1) is 6.79. The lowest BCUT2D eigenvalue weighted by molar-refractivity contribution is 0.507. The number of hydrogen-bond acceptors (Lipinski definition) is 2. The highest BCUT2D eigenvalue weighted by molar-refractivity contribution is 5.25. The second-order valence-electron chi connectivity index (χ2n) is 3.63. The molecule has 0 aromatic carbocycles. The van der Waals surface area contributed by atoms with Gasteiger partial charge in [0.15, 0.2) is 0 Å². The molecule has 0 aliphatic carbocycles. The molecule has 1 aromatic heterocycles. The van der Waals surface area contributed by atoms with E-state index in [4.69, 9.17) is 0 Å². The molecule has 1 unspecified atom stereocenters. The summed E-state index contributed by atoms with van der Waals surface area (Å²) in [5.74, 6) is 0.